The van der Waals surface area contributed by atoms with Gasteiger partial charge in [0.05, 0.1) is 6.04 Å². The minimum absolute atomic E-state index is 0.000310. The summed E-state index contributed by atoms with van der Waals surface area (Å²) < 4.78 is 0. The molecule has 0 saturated heterocycles. The van der Waals surface area contributed by atoms with Crippen molar-refractivity contribution in [3.05, 3.63) is 34.9 Å². The zero-order valence-electron chi connectivity index (χ0n) is 19.5. The number of amidine groups is 1. The highest BCUT2D eigenvalue weighted by Crippen LogP contribution is 2.38. The molecule has 0 aromatic heterocycles. The van der Waals surface area contributed by atoms with Gasteiger partial charge in [0, 0.05) is 35.0 Å². The van der Waals surface area contributed by atoms with E-state index >= 15 is 0 Å². The van der Waals surface area contributed by atoms with Crippen molar-refractivity contribution in [2.45, 2.75) is 78.4 Å². The maximum absolute atomic E-state index is 13.3. The summed E-state index contributed by atoms with van der Waals surface area (Å²) in [5.41, 5.74) is 1.44. The van der Waals surface area contributed by atoms with Crippen LogP contribution in [0, 0.1) is 22.7 Å². The smallest absolute Gasteiger partial charge is 0.254 e. The maximum atomic E-state index is 13.3. The number of hydrogen-bond donors (Lipinski definition) is 3. The van der Waals surface area contributed by atoms with Gasteiger partial charge in [-0.25, -0.2) is 0 Å². The Labute approximate surface area is 189 Å². The van der Waals surface area contributed by atoms with E-state index in [1.54, 1.807) is 32.9 Å². The molecule has 3 N–H and O–H groups in total. The zero-order chi connectivity index (χ0) is 23.2. The molecule has 4 atom stereocenters. The molecular weight excluding hydrogens is 404 g/mol. The van der Waals surface area contributed by atoms with Gasteiger partial charge >= 0.3 is 0 Å². The monoisotopic (exact) mass is 438 g/mol. The van der Waals surface area contributed by atoms with E-state index < -0.39 is 5.41 Å². The standard InChI is InChI=1S/C25H34N4O3/c1-14-11-17(14)22(30)27-19-7-5-6-8-20(19)29-13-16-10-9-15(12-18(16)23(29)31)21(26)28-24(32)25(2,3)4/h9-10,12,14,17,19-20H,5-8,11,13H2,1-4H3,(H,27,30)(H2,26,28,32). The summed E-state index contributed by atoms with van der Waals surface area (Å²) in [5, 5.41) is 14.2. The number of nitrogens with one attached hydrogen (secondary N) is 3. The summed E-state index contributed by atoms with van der Waals surface area (Å²) in [5.74, 6) is 0.428. The average molecular weight is 439 g/mol. The number of amides is 3. The first-order valence-corrected chi connectivity index (χ1v) is 11.7. The summed E-state index contributed by atoms with van der Waals surface area (Å²) in [4.78, 5) is 40.0. The molecule has 0 spiro atoms. The number of hydrogen-bond acceptors (Lipinski definition) is 4. The van der Waals surface area contributed by atoms with Crippen molar-refractivity contribution in [3.63, 3.8) is 0 Å². The highest BCUT2D eigenvalue weighted by Gasteiger charge is 2.43. The van der Waals surface area contributed by atoms with Gasteiger partial charge in [0.2, 0.25) is 11.8 Å². The molecule has 2 fully saturated rings. The van der Waals surface area contributed by atoms with Gasteiger partial charge in [0.15, 0.2) is 0 Å². The minimum Gasteiger partial charge on any atom is -0.351 e. The molecule has 7 nitrogen and oxygen atoms in total. The quantitative estimate of drug-likeness (QED) is 0.497. The van der Waals surface area contributed by atoms with E-state index in [0.717, 1.165) is 37.7 Å². The van der Waals surface area contributed by atoms with Gasteiger partial charge in [-0.15, -0.1) is 0 Å². The predicted molar refractivity (Wildman–Crippen MR) is 122 cm³/mol. The molecule has 0 radical (unpaired) electrons. The lowest BCUT2D eigenvalue weighted by atomic mass is 9.89. The first-order valence-electron chi connectivity index (χ1n) is 11.7. The van der Waals surface area contributed by atoms with Crippen LogP contribution in [0.3, 0.4) is 0 Å². The summed E-state index contributed by atoms with van der Waals surface area (Å²) >= 11 is 0. The minimum atomic E-state index is -0.603. The van der Waals surface area contributed by atoms with Crippen molar-refractivity contribution in [3.8, 4) is 0 Å². The molecular formula is C25H34N4O3. The Kier molecular flexibility index (Phi) is 5.86. The van der Waals surface area contributed by atoms with Crippen molar-refractivity contribution in [2.75, 3.05) is 0 Å². The second-order valence-electron chi connectivity index (χ2n) is 10.7. The molecule has 1 aromatic rings. The van der Waals surface area contributed by atoms with Gasteiger partial charge in [-0.1, -0.05) is 52.7 Å². The van der Waals surface area contributed by atoms with E-state index in [4.69, 9.17) is 5.41 Å². The third kappa shape index (κ3) is 4.43. The van der Waals surface area contributed by atoms with Gasteiger partial charge in [-0.3, -0.25) is 19.8 Å². The third-order valence-corrected chi connectivity index (χ3v) is 7.05. The van der Waals surface area contributed by atoms with Gasteiger partial charge in [0.1, 0.15) is 5.84 Å². The van der Waals surface area contributed by atoms with Crippen molar-refractivity contribution in [1.82, 2.24) is 15.5 Å². The van der Waals surface area contributed by atoms with Crippen LogP contribution in [0.25, 0.3) is 0 Å². The van der Waals surface area contributed by atoms with Gasteiger partial charge < -0.3 is 15.5 Å². The fraction of sp³-hybridized carbons (Fsp3) is 0.600. The molecule has 32 heavy (non-hydrogen) atoms. The van der Waals surface area contributed by atoms with Crippen molar-refractivity contribution in [1.29, 1.82) is 5.41 Å². The first kappa shape index (κ1) is 22.5. The molecule has 7 heteroatoms. The lowest BCUT2D eigenvalue weighted by Crippen LogP contribution is -2.53. The van der Waals surface area contributed by atoms with Gasteiger partial charge in [-0.05, 0) is 36.8 Å². The Bertz CT molecular complexity index is 964. The predicted octanol–water partition coefficient (Wildman–Crippen LogP) is 3.21. The molecule has 4 rings (SSSR count). The van der Waals surface area contributed by atoms with Crippen LogP contribution in [0.5, 0.6) is 0 Å². The Morgan fingerprint density at radius 3 is 2.50 bits per heavy atom. The van der Waals surface area contributed by atoms with Crippen LogP contribution < -0.4 is 10.6 Å². The molecule has 2 saturated carbocycles. The van der Waals surface area contributed by atoms with E-state index in [-0.39, 0.29) is 41.6 Å². The number of nitrogens with zero attached hydrogens (tertiary/aromatic N) is 1. The van der Waals surface area contributed by atoms with Crippen molar-refractivity contribution in [2.24, 2.45) is 17.3 Å². The van der Waals surface area contributed by atoms with Crippen molar-refractivity contribution >= 4 is 23.6 Å². The van der Waals surface area contributed by atoms with Crippen LogP contribution in [0.1, 0.15) is 81.3 Å². The number of benzene rings is 1. The van der Waals surface area contributed by atoms with Crippen molar-refractivity contribution < 1.29 is 14.4 Å². The van der Waals surface area contributed by atoms with Gasteiger partial charge in [0.25, 0.3) is 5.91 Å². The maximum Gasteiger partial charge on any atom is 0.254 e. The number of carbonyl (C=O) groups excluding carboxylic acids is 3. The van der Waals surface area contributed by atoms with Crippen LogP contribution in [0.2, 0.25) is 0 Å². The van der Waals surface area contributed by atoms with Crippen LogP contribution in [0.15, 0.2) is 18.2 Å². The summed E-state index contributed by atoms with van der Waals surface area (Å²) in [7, 11) is 0. The SMILES string of the molecule is CC1CC1C(=O)NC1CCCCC1N1Cc2ccc(C(=N)NC(=O)C(C)(C)C)cc2C1=O. The number of carbonyl (C=O) groups is 3. The number of fused-ring (bicyclic) bond motifs is 1. The van der Waals surface area contributed by atoms with E-state index in [1.165, 1.54) is 0 Å². The summed E-state index contributed by atoms with van der Waals surface area (Å²) in [6.07, 6.45) is 4.84. The lowest BCUT2D eigenvalue weighted by molar-refractivity contribution is -0.127. The van der Waals surface area contributed by atoms with E-state index in [0.29, 0.717) is 23.6 Å². The van der Waals surface area contributed by atoms with Crippen LogP contribution in [-0.4, -0.2) is 40.5 Å². The molecule has 3 aliphatic rings. The number of rotatable bonds is 4. The fourth-order valence-corrected chi connectivity index (χ4v) is 4.75. The van der Waals surface area contributed by atoms with E-state index in [2.05, 4.69) is 17.6 Å². The first-order chi connectivity index (χ1) is 15.1. The second-order valence-corrected chi connectivity index (χ2v) is 10.7. The molecule has 2 aliphatic carbocycles. The normalized spacial score (nSPS) is 27.0. The van der Waals surface area contributed by atoms with Crippen LogP contribution in [0.4, 0.5) is 0 Å². The van der Waals surface area contributed by atoms with E-state index in [1.807, 2.05) is 11.0 Å². The summed E-state index contributed by atoms with van der Waals surface area (Å²) in [6.45, 7) is 8.00. The third-order valence-electron chi connectivity index (χ3n) is 7.05. The Morgan fingerprint density at radius 2 is 1.84 bits per heavy atom. The van der Waals surface area contributed by atoms with Crippen LogP contribution in [-0.2, 0) is 16.1 Å². The molecule has 172 valence electrons. The molecule has 1 heterocycles. The fourth-order valence-electron chi connectivity index (χ4n) is 4.75. The van der Waals surface area contributed by atoms with E-state index in [9.17, 15) is 14.4 Å². The van der Waals surface area contributed by atoms with Gasteiger partial charge in [-0.2, -0.15) is 0 Å². The Morgan fingerprint density at radius 1 is 1.16 bits per heavy atom. The second kappa shape index (κ2) is 8.34. The Hall–Kier alpha value is -2.70. The lowest BCUT2D eigenvalue weighted by Gasteiger charge is -2.38. The molecule has 1 aromatic carbocycles. The largest absolute Gasteiger partial charge is 0.351 e. The van der Waals surface area contributed by atoms with Crippen LogP contribution >= 0.6 is 0 Å². The molecule has 4 unspecified atom stereocenters. The average Bonchev–Trinajstić information content (AvgIpc) is 3.39. The topological polar surface area (TPSA) is 102 Å². The molecule has 3 amide bonds. The molecule has 0 bridgehead atoms. The highest BCUT2D eigenvalue weighted by molar-refractivity contribution is 6.09. The Balaban J connectivity index is 1.48. The summed E-state index contributed by atoms with van der Waals surface area (Å²) in [6, 6.07) is 5.36. The highest BCUT2D eigenvalue weighted by atomic mass is 16.2. The zero-order valence-corrected chi connectivity index (χ0v) is 19.5. The molecule has 1 aliphatic heterocycles.